The molecule has 1 aromatic heterocycles. The molecule has 3 aromatic rings. The minimum absolute atomic E-state index is 0.209. The summed E-state index contributed by atoms with van der Waals surface area (Å²) in [5.41, 5.74) is 0.458. The molecule has 12 heteroatoms. The lowest BCUT2D eigenvalue weighted by molar-refractivity contribution is 0.00578. The molecule has 0 unspecified atom stereocenters. The van der Waals surface area contributed by atoms with Crippen LogP contribution < -0.4 is 15.1 Å². The molecule has 186 valence electrons. The van der Waals surface area contributed by atoms with Crippen LogP contribution in [0, 0.1) is 5.82 Å². The number of fused-ring (bicyclic) bond motifs is 1. The number of aromatic nitrogens is 2. The summed E-state index contributed by atoms with van der Waals surface area (Å²) in [7, 11) is -1.61. The molecule has 1 amide bonds. The molecule has 0 bridgehead atoms. The van der Waals surface area contributed by atoms with Crippen LogP contribution in [0.3, 0.4) is 0 Å². The molecule has 0 saturated carbocycles. The zero-order chi connectivity index (χ0) is 25.9. The van der Waals surface area contributed by atoms with Crippen LogP contribution in [0.1, 0.15) is 38.2 Å². The van der Waals surface area contributed by atoms with Gasteiger partial charge in [-0.1, -0.05) is 0 Å². The first-order chi connectivity index (χ1) is 16.2. The quantitative estimate of drug-likeness (QED) is 0.537. The predicted molar refractivity (Wildman–Crippen MR) is 133 cm³/mol. The van der Waals surface area contributed by atoms with Crippen molar-refractivity contribution in [1.82, 2.24) is 15.1 Å². The van der Waals surface area contributed by atoms with E-state index < -0.39 is 40.1 Å². The Bertz CT molecular complexity index is 1400. The second-order valence-corrected chi connectivity index (χ2v) is 11.6. The molecule has 9 nitrogen and oxygen atoms in total. The standard InChI is InChI=1S/C23H28BFN4O5S/c1-22(2)23(3,4)34-24(33-22)17-12-16-18(13-19(17)28(6)35(7,31)32)27-29(20(16)21(30)26-5)15-10-8-14(25)9-11-15/h8-13H,1-7H3,(H,26,30). The van der Waals surface area contributed by atoms with Crippen molar-refractivity contribution >= 4 is 45.1 Å². The van der Waals surface area contributed by atoms with E-state index in [0.29, 0.717) is 27.7 Å². The van der Waals surface area contributed by atoms with Gasteiger partial charge in [0.2, 0.25) is 10.0 Å². The molecule has 4 rings (SSSR count). The number of sulfonamides is 1. The summed E-state index contributed by atoms with van der Waals surface area (Å²) in [4.78, 5) is 13.0. The fourth-order valence-corrected chi connectivity index (χ4v) is 4.37. The number of nitrogens with one attached hydrogen (secondary N) is 1. The first-order valence-electron chi connectivity index (χ1n) is 11.0. The zero-order valence-corrected chi connectivity index (χ0v) is 21.5. The molecule has 0 aliphatic carbocycles. The first-order valence-corrected chi connectivity index (χ1v) is 12.9. The number of hydrogen-bond acceptors (Lipinski definition) is 6. The Morgan fingerprint density at radius 2 is 1.69 bits per heavy atom. The minimum atomic E-state index is -3.65. The van der Waals surface area contributed by atoms with Crippen molar-refractivity contribution in [2.24, 2.45) is 0 Å². The Morgan fingerprint density at radius 3 is 2.20 bits per heavy atom. The Balaban J connectivity index is 2.02. The van der Waals surface area contributed by atoms with Crippen molar-refractivity contribution in [1.29, 1.82) is 0 Å². The smallest absolute Gasteiger partial charge is 0.399 e. The van der Waals surface area contributed by atoms with Crippen LogP contribution in [0.2, 0.25) is 0 Å². The summed E-state index contributed by atoms with van der Waals surface area (Å²) in [5.74, 6) is -0.840. The van der Waals surface area contributed by atoms with Gasteiger partial charge in [0.1, 0.15) is 11.5 Å². The summed E-state index contributed by atoms with van der Waals surface area (Å²) in [6.45, 7) is 7.59. The Labute approximate surface area is 204 Å². The highest BCUT2D eigenvalue weighted by molar-refractivity contribution is 7.92. The largest absolute Gasteiger partial charge is 0.497 e. The molecular formula is C23H28BFN4O5S. The topological polar surface area (TPSA) is 103 Å². The van der Waals surface area contributed by atoms with Crippen LogP contribution in [-0.2, 0) is 19.3 Å². The Kier molecular flexibility index (Phi) is 5.98. The van der Waals surface area contributed by atoms with E-state index in [4.69, 9.17) is 9.31 Å². The SMILES string of the molecule is CNC(=O)c1c2cc(B3OC(C)(C)C(C)(C)O3)c(N(C)S(C)(=O)=O)cc2nn1-c1ccc(F)cc1. The number of nitrogens with zero attached hydrogens (tertiary/aromatic N) is 3. The van der Waals surface area contributed by atoms with E-state index >= 15 is 0 Å². The average molecular weight is 502 g/mol. The van der Waals surface area contributed by atoms with Crippen LogP contribution in [0.4, 0.5) is 10.1 Å². The van der Waals surface area contributed by atoms with Crippen molar-refractivity contribution in [2.45, 2.75) is 38.9 Å². The maximum absolute atomic E-state index is 13.5. The monoisotopic (exact) mass is 502 g/mol. The molecule has 1 saturated heterocycles. The van der Waals surface area contributed by atoms with E-state index in [1.165, 1.54) is 43.0 Å². The summed E-state index contributed by atoms with van der Waals surface area (Å²) in [6, 6.07) is 8.82. The maximum Gasteiger partial charge on any atom is 0.497 e. The van der Waals surface area contributed by atoms with Crippen LogP contribution in [0.25, 0.3) is 16.6 Å². The van der Waals surface area contributed by atoms with Gasteiger partial charge in [0, 0.05) is 24.9 Å². The Morgan fingerprint density at radius 1 is 1.11 bits per heavy atom. The van der Waals surface area contributed by atoms with Gasteiger partial charge in [-0.3, -0.25) is 9.10 Å². The normalized spacial score (nSPS) is 17.1. The molecule has 1 aliphatic rings. The first kappa shape index (κ1) is 25.1. The third kappa shape index (κ3) is 4.30. The minimum Gasteiger partial charge on any atom is -0.399 e. The molecule has 35 heavy (non-hydrogen) atoms. The molecule has 2 heterocycles. The highest BCUT2D eigenvalue weighted by Gasteiger charge is 2.52. The highest BCUT2D eigenvalue weighted by atomic mass is 32.2. The van der Waals surface area contributed by atoms with Gasteiger partial charge >= 0.3 is 7.12 Å². The van der Waals surface area contributed by atoms with Gasteiger partial charge in [0.05, 0.1) is 34.3 Å². The van der Waals surface area contributed by atoms with E-state index in [1.807, 2.05) is 27.7 Å². The van der Waals surface area contributed by atoms with Gasteiger partial charge in [-0.15, -0.1) is 0 Å². The van der Waals surface area contributed by atoms with E-state index in [-0.39, 0.29) is 5.69 Å². The number of carbonyl (C=O) groups excluding carboxylic acids is 1. The lowest BCUT2D eigenvalue weighted by Gasteiger charge is -2.32. The molecule has 1 aliphatic heterocycles. The number of benzene rings is 2. The summed E-state index contributed by atoms with van der Waals surface area (Å²) < 4.78 is 53.5. The van der Waals surface area contributed by atoms with Gasteiger partial charge < -0.3 is 14.6 Å². The third-order valence-corrected chi connectivity index (χ3v) is 7.87. The molecule has 1 N–H and O–H groups in total. The van der Waals surface area contributed by atoms with Gasteiger partial charge in [0.15, 0.2) is 0 Å². The van der Waals surface area contributed by atoms with Crippen LogP contribution in [0.15, 0.2) is 36.4 Å². The van der Waals surface area contributed by atoms with Gasteiger partial charge in [0.25, 0.3) is 5.91 Å². The van der Waals surface area contributed by atoms with Crippen molar-refractivity contribution in [2.75, 3.05) is 24.7 Å². The van der Waals surface area contributed by atoms with E-state index in [0.717, 1.165) is 10.6 Å². The highest BCUT2D eigenvalue weighted by Crippen LogP contribution is 2.38. The van der Waals surface area contributed by atoms with Crippen molar-refractivity contribution in [3.05, 3.63) is 47.9 Å². The van der Waals surface area contributed by atoms with Crippen molar-refractivity contribution < 1.29 is 26.9 Å². The summed E-state index contributed by atoms with van der Waals surface area (Å²) >= 11 is 0. The molecule has 2 aromatic carbocycles. The Hall–Kier alpha value is -2.96. The van der Waals surface area contributed by atoms with E-state index in [2.05, 4.69) is 10.4 Å². The molecule has 0 atom stereocenters. The maximum atomic E-state index is 13.5. The fourth-order valence-electron chi connectivity index (χ4n) is 3.85. The zero-order valence-electron chi connectivity index (χ0n) is 20.7. The second kappa shape index (κ2) is 8.32. The van der Waals surface area contributed by atoms with Gasteiger partial charge in [-0.25, -0.2) is 17.5 Å². The number of halogens is 1. The van der Waals surface area contributed by atoms with E-state index in [1.54, 1.807) is 12.1 Å². The number of anilines is 1. The molecule has 0 spiro atoms. The summed E-state index contributed by atoms with van der Waals surface area (Å²) in [6.07, 6.45) is 1.10. The lowest BCUT2D eigenvalue weighted by Crippen LogP contribution is -2.41. The number of amides is 1. The number of rotatable bonds is 5. The van der Waals surface area contributed by atoms with Gasteiger partial charge in [-0.05, 0) is 64.1 Å². The van der Waals surface area contributed by atoms with Crippen LogP contribution in [-0.4, -0.2) is 62.8 Å². The van der Waals surface area contributed by atoms with Gasteiger partial charge in [-0.2, -0.15) is 5.10 Å². The predicted octanol–water partition coefficient (Wildman–Crippen LogP) is 2.22. The number of carbonyl (C=O) groups is 1. The molecule has 1 fully saturated rings. The average Bonchev–Trinajstić information content (AvgIpc) is 3.24. The van der Waals surface area contributed by atoms with Crippen LogP contribution in [0.5, 0.6) is 0 Å². The lowest BCUT2D eigenvalue weighted by atomic mass is 9.77. The van der Waals surface area contributed by atoms with Crippen LogP contribution >= 0.6 is 0 Å². The van der Waals surface area contributed by atoms with Crippen molar-refractivity contribution in [3.8, 4) is 5.69 Å². The second-order valence-electron chi connectivity index (χ2n) is 9.56. The summed E-state index contributed by atoms with van der Waals surface area (Å²) in [5, 5.41) is 7.64. The third-order valence-electron chi connectivity index (χ3n) is 6.68. The number of hydrogen-bond donors (Lipinski definition) is 1. The van der Waals surface area contributed by atoms with Crippen molar-refractivity contribution in [3.63, 3.8) is 0 Å². The molecule has 0 radical (unpaired) electrons. The van der Waals surface area contributed by atoms with E-state index in [9.17, 15) is 17.6 Å². The fraction of sp³-hybridized carbons (Fsp3) is 0.391. The molecular weight excluding hydrogens is 474 g/mol.